The molecular formula is C66H79FN12O6S. The molecule has 5 atom stereocenters. The zero-order chi connectivity index (χ0) is 60.0. The Bertz CT molecular complexity index is 3570. The average Bonchev–Trinajstić information content (AvgIpc) is 1.60. The van der Waals surface area contributed by atoms with E-state index in [0.29, 0.717) is 58.7 Å². The van der Waals surface area contributed by atoms with Crippen molar-refractivity contribution in [2.45, 2.75) is 109 Å². The predicted octanol–water partition coefficient (Wildman–Crippen LogP) is 6.90. The molecular weight excluding hydrogens is 1110 g/mol. The number of amides is 3. The molecule has 5 saturated heterocycles. The number of hydrogen-bond acceptors (Lipinski definition) is 16. The van der Waals surface area contributed by atoms with E-state index >= 15 is 4.39 Å². The number of hydrogen-bond donors (Lipinski definition) is 5. The number of carbonyl (C=O) groups is 3. The molecule has 8 heterocycles. The lowest BCUT2D eigenvalue weighted by Crippen LogP contribution is -2.59. The maximum absolute atomic E-state index is 17.3. The number of fused-ring (bicyclic) bond motifs is 4. The van der Waals surface area contributed by atoms with Gasteiger partial charge in [-0.25, -0.2) is 9.37 Å². The molecule has 3 unspecified atom stereocenters. The van der Waals surface area contributed by atoms with Crippen molar-refractivity contribution in [2.24, 2.45) is 16.7 Å². The van der Waals surface area contributed by atoms with Gasteiger partial charge in [-0.1, -0.05) is 75.2 Å². The van der Waals surface area contributed by atoms with E-state index in [4.69, 9.17) is 26.1 Å². The molecule has 20 heteroatoms. The molecule has 86 heavy (non-hydrogen) atoms. The number of nitrogens with one attached hydrogen (secondary N) is 3. The van der Waals surface area contributed by atoms with Crippen LogP contribution in [0.25, 0.3) is 43.4 Å². The van der Waals surface area contributed by atoms with E-state index < -0.39 is 29.4 Å². The number of aryl methyl sites for hydroxylation is 1. The van der Waals surface area contributed by atoms with Gasteiger partial charge in [-0.15, -0.1) is 17.8 Å². The summed E-state index contributed by atoms with van der Waals surface area (Å²) < 4.78 is 23.9. The van der Waals surface area contributed by atoms with Crippen molar-refractivity contribution in [3.63, 3.8) is 0 Å². The lowest BCUT2D eigenvalue weighted by molar-refractivity contribution is -0.144. The topological polar surface area (TPSA) is 205 Å². The van der Waals surface area contributed by atoms with Crippen LogP contribution in [0.1, 0.15) is 82.5 Å². The number of piperidine rings is 2. The summed E-state index contributed by atoms with van der Waals surface area (Å²) in [5, 5.41) is 33.1. The van der Waals surface area contributed by atoms with Gasteiger partial charge in [-0.05, 0) is 105 Å². The number of aromatic nitrogens is 4. The zero-order valence-corrected chi connectivity index (χ0v) is 50.6. The summed E-state index contributed by atoms with van der Waals surface area (Å²) in [5.41, 5.74) is 6.36. The van der Waals surface area contributed by atoms with Gasteiger partial charge < -0.3 is 50.5 Å². The number of β-amino-alcohol motifs (C(OH)–C–C–N with tert-alkyl or cyclic N) is 1. The lowest BCUT2D eigenvalue weighted by Gasteiger charge is -2.44. The average molecular weight is 1190 g/mol. The highest BCUT2D eigenvalue weighted by Gasteiger charge is 2.47. The van der Waals surface area contributed by atoms with Crippen LogP contribution in [0.4, 0.5) is 10.2 Å². The minimum Gasteiger partial charge on any atom is -0.508 e. The number of pyridine rings is 1. The molecule has 6 aliphatic rings. The smallest absolute Gasteiger partial charge is 0.319 e. The Hall–Kier alpha value is -7.12. The largest absolute Gasteiger partial charge is 0.508 e. The molecule has 12 rings (SSSR count). The Kier molecular flexibility index (Phi) is 16.9. The van der Waals surface area contributed by atoms with Gasteiger partial charge in [-0.3, -0.25) is 24.3 Å². The minimum absolute atomic E-state index is 0.0174. The Morgan fingerprint density at radius 1 is 0.965 bits per heavy atom. The molecule has 0 spiro atoms. The molecule has 1 aliphatic carbocycles. The van der Waals surface area contributed by atoms with Crippen molar-refractivity contribution in [3.8, 4) is 45.8 Å². The van der Waals surface area contributed by atoms with Crippen LogP contribution in [-0.4, -0.2) is 183 Å². The van der Waals surface area contributed by atoms with Crippen molar-refractivity contribution in [1.82, 2.24) is 55.5 Å². The molecule has 3 amide bonds. The highest BCUT2D eigenvalue weighted by atomic mass is 32.1. The molecule has 2 bridgehead atoms. The number of rotatable bonds is 17. The zero-order valence-electron chi connectivity index (χ0n) is 49.8. The Morgan fingerprint density at radius 3 is 2.38 bits per heavy atom. The van der Waals surface area contributed by atoms with Crippen molar-refractivity contribution in [3.05, 3.63) is 101 Å². The molecule has 6 aromatic rings. The number of likely N-dealkylation sites (tertiary alicyclic amines) is 2. The van der Waals surface area contributed by atoms with E-state index in [1.165, 1.54) is 16.5 Å². The van der Waals surface area contributed by atoms with Crippen LogP contribution in [0.3, 0.4) is 0 Å². The first-order chi connectivity index (χ1) is 41.3. The number of carbonyl (C=O) groups excluding carboxylic acids is 3. The van der Waals surface area contributed by atoms with Crippen molar-refractivity contribution < 1.29 is 33.7 Å². The lowest BCUT2D eigenvalue weighted by atomic mass is 9.85. The number of benzene rings is 3. The number of piperazine rings is 2. The number of phenols is 1. The highest BCUT2D eigenvalue weighted by molar-refractivity contribution is 7.13. The Labute approximate surface area is 506 Å². The summed E-state index contributed by atoms with van der Waals surface area (Å²) in [4.78, 5) is 72.6. The van der Waals surface area contributed by atoms with E-state index in [2.05, 4.69) is 53.0 Å². The van der Waals surface area contributed by atoms with E-state index in [0.717, 1.165) is 113 Å². The van der Waals surface area contributed by atoms with E-state index in [1.54, 1.807) is 29.7 Å². The first kappa shape index (κ1) is 59.2. The number of ether oxygens (including phenoxy) is 1. The number of aliphatic hydroxyl groups excluding tert-OH is 1. The van der Waals surface area contributed by atoms with Crippen LogP contribution >= 0.6 is 11.3 Å². The third-order valence-electron chi connectivity index (χ3n) is 18.5. The highest BCUT2D eigenvalue weighted by Crippen LogP contribution is 2.47. The van der Waals surface area contributed by atoms with E-state index in [-0.39, 0.29) is 84.2 Å². The fourth-order valence-electron chi connectivity index (χ4n) is 13.7. The summed E-state index contributed by atoms with van der Waals surface area (Å²) in [5.74, 6) is 2.21. The maximum atomic E-state index is 17.3. The maximum Gasteiger partial charge on any atom is 0.319 e. The third-order valence-corrected chi connectivity index (χ3v) is 19.5. The van der Waals surface area contributed by atoms with Crippen molar-refractivity contribution >= 4 is 56.6 Å². The molecule has 3 aromatic carbocycles. The third kappa shape index (κ3) is 13.0. The number of thiazole rings is 1. The predicted molar refractivity (Wildman–Crippen MR) is 332 cm³/mol. The van der Waals surface area contributed by atoms with Crippen molar-refractivity contribution in [1.29, 1.82) is 0 Å². The number of halogens is 1. The quantitative estimate of drug-likeness (QED) is 0.0466. The van der Waals surface area contributed by atoms with Crippen LogP contribution < -0.4 is 25.6 Å². The standard InChI is InChI=1S/C66H79FN12O6S/c1-7-44-9-8-10-46-27-49(80)28-51(55(44)46)57-56(67)58-52(31-68-57)61(78-33-47-25-40(2)26-48(34-78)71-47)74-64(73-58)85-38-66(17-18-66)37-77-23-21-76(22-24-77)32-43-15-19-75(20-16-43)36-54(82)72-60(65(4,5)6)63(84)79-35-50(81)29-53(79)62(83)69-30-42-11-13-45(14-12-42)59-41(3)70-39-86-59/h1,8-14,27-28,31,39,43,47-48,50,53,60,71,80-81H,2,15-26,29-30,32-38H2,3-6H3,(H,69,83)(H,72,82)/t47?,48?,50-,53+,60?/m0/s1. The molecule has 18 nitrogen and oxygen atoms in total. The summed E-state index contributed by atoms with van der Waals surface area (Å²) in [6.45, 7) is 21.5. The van der Waals surface area contributed by atoms with Gasteiger partial charge in [0.1, 0.15) is 34.9 Å². The van der Waals surface area contributed by atoms with Gasteiger partial charge >= 0.3 is 6.01 Å². The van der Waals surface area contributed by atoms with Gasteiger partial charge in [0, 0.05) is 112 Å². The molecule has 5 aliphatic heterocycles. The van der Waals surface area contributed by atoms with E-state index in [1.807, 2.05) is 69.6 Å². The SMILES string of the molecule is C#Cc1cccc2cc(O)cc(-c3ncc4c(N5CC6CC(=C)CC(C5)N6)nc(OCC5(CN6CCN(CC7CCN(CC(=O)NC(C(=O)N8C[C@@H](O)C[C@@H]8C(=O)NCc8ccc(-c9scnc9C)cc8)C(C)(C)C)CC7)CC6)CC5)nc4c3F)c12. The number of terminal acetylenes is 1. The minimum atomic E-state index is -0.893. The monoisotopic (exact) mass is 1190 g/mol. The Balaban J connectivity index is 0.624. The fraction of sp³-hybridized carbons (Fsp3) is 0.500. The first-order valence-corrected chi connectivity index (χ1v) is 31.4. The first-order valence-electron chi connectivity index (χ1n) is 30.5. The second-order valence-electron chi connectivity index (χ2n) is 26.2. The van der Waals surface area contributed by atoms with Crippen LogP contribution in [0.2, 0.25) is 0 Å². The number of anilines is 1. The van der Waals surface area contributed by atoms with Gasteiger partial charge in [-0.2, -0.15) is 9.97 Å². The van der Waals surface area contributed by atoms with Crippen LogP contribution in [0.5, 0.6) is 11.8 Å². The van der Waals surface area contributed by atoms with E-state index in [9.17, 15) is 24.6 Å². The summed E-state index contributed by atoms with van der Waals surface area (Å²) >= 11 is 1.58. The molecule has 6 fully saturated rings. The van der Waals surface area contributed by atoms with Gasteiger partial charge in [0.05, 0.1) is 40.7 Å². The second kappa shape index (κ2) is 24.6. The molecule has 3 aromatic heterocycles. The number of phenolic OH excluding ortho intramolecular Hbond substituents is 1. The summed E-state index contributed by atoms with van der Waals surface area (Å²) in [6.07, 6.45) is 12.5. The summed E-state index contributed by atoms with van der Waals surface area (Å²) in [6, 6.07) is 15.3. The van der Waals surface area contributed by atoms with Crippen LogP contribution in [-0.2, 0) is 20.9 Å². The molecule has 452 valence electrons. The Morgan fingerprint density at radius 2 is 1.70 bits per heavy atom. The second-order valence-corrected chi connectivity index (χ2v) is 27.1. The van der Waals surface area contributed by atoms with Gasteiger partial charge in [0.15, 0.2) is 5.82 Å². The number of nitrogens with zero attached hydrogens (tertiary/aromatic N) is 9. The van der Waals surface area contributed by atoms with Crippen LogP contribution in [0, 0.1) is 41.8 Å². The van der Waals surface area contributed by atoms with Gasteiger partial charge in [0.25, 0.3) is 0 Å². The molecule has 1 saturated carbocycles. The fourth-order valence-corrected chi connectivity index (χ4v) is 14.5. The van der Waals surface area contributed by atoms with Crippen LogP contribution in [0.15, 0.2) is 78.5 Å². The summed E-state index contributed by atoms with van der Waals surface area (Å²) in [7, 11) is 0. The molecule has 5 N–H and O–H groups in total. The molecule has 0 radical (unpaired) electrons. The van der Waals surface area contributed by atoms with Crippen molar-refractivity contribution in [2.75, 3.05) is 90.0 Å². The number of aliphatic hydroxyl groups is 1. The normalized spacial score (nSPS) is 22.5. The number of aromatic hydroxyl groups is 1. The van der Waals surface area contributed by atoms with Gasteiger partial charge in [0.2, 0.25) is 17.7 Å².